The molecule has 3 rings (SSSR count). The van der Waals surface area contributed by atoms with Crippen molar-refractivity contribution in [2.24, 2.45) is 14.1 Å². The van der Waals surface area contributed by atoms with Crippen LogP contribution in [0.3, 0.4) is 0 Å². The molecule has 0 spiro atoms. The van der Waals surface area contributed by atoms with Gasteiger partial charge in [0.25, 0.3) is 0 Å². The molecule has 19 heavy (non-hydrogen) atoms. The zero-order valence-corrected chi connectivity index (χ0v) is 11.1. The summed E-state index contributed by atoms with van der Waals surface area (Å²) in [7, 11) is 3.66. The summed E-state index contributed by atoms with van der Waals surface area (Å²) in [4.78, 5) is 0. The first kappa shape index (κ1) is 11.8. The molecule has 1 aromatic carbocycles. The monoisotopic (exact) mass is 258 g/mol. The molecule has 4 nitrogen and oxygen atoms in total. The Morgan fingerprint density at radius 1 is 1.21 bits per heavy atom. The molecule has 3 aromatic rings. The second-order valence-electron chi connectivity index (χ2n) is 4.77. The minimum atomic E-state index is -0.249. The lowest BCUT2D eigenvalue weighted by molar-refractivity contribution is 0.643. The molecule has 5 heteroatoms. The Hall–Kier alpha value is -2.30. The van der Waals surface area contributed by atoms with Crippen molar-refractivity contribution in [3.63, 3.8) is 0 Å². The van der Waals surface area contributed by atoms with E-state index >= 15 is 0 Å². The molecule has 0 unspecified atom stereocenters. The van der Waals surface area contributed by atoms with Crippen LogP contribution in [-0.4, -0.2) is 14.3 Å². The summed E-state index contributed by atoms with van der Waals surface area (Å²) in [6.07, 6.45) is 1.59. The van der Waals surface area contributed by atoms with Crippen LogP contribution in [0.25, 0.3) is 22.0 Å². The maximum atomic E-state index is 14.6. The third-order valence-electron chi connectivity index (χ3n) is 3.68. The van der Waals surface area contributed by atoms with Gasteiger partial charge < -0.3 is 10.3 Å². The van der Waals surface area contributed by atoms with Gasteiger partial charge in [-0.1, -0.05) is 0 Å². The summed E-state index contributed by atoms with van der Waals surface area (Å²) in [5.41, 5.74) is 8.92. The van der Waals surface area contributed by atoms with E-state index in [1.807, 2.05) is 30.7 Å². The van der Waals surface area contributed by atoms with Gasteiger partial charge in [-0.3, -0.25) is 4.68 Å². The zero-order valence-electron chi connectivity index (χ0n) is 11.1. The summed E-state index contributed by atoms with van der Waals surface area (Å²) in [6, 6.07) is 5.51. The molecule has 2 aromatic heterocycles. The first-order chi connectivity index (χ1) is 9.00. The maximum absolute atomic E-state index is 14.6. The smallest absolute Gasteiger partial charge is 0.140 e. The standard InChI is InChI=1S/C14H15FN4/c1-8-6-10-12(18(8)2)5-4-9(13(10)15)11-7-17-19(3)14(11)16/h4-7H,16H2,1-3H3. The van der Waals surface area contributed by atoms with Crippen molar-refractivity contribution in [1.82, 2.24) is 14.3 Å². The van der Waals surface area contributed by atoms with Crippen LogP contribution in [-0.2, 0) is 14.1 Å². The number of nitrogens with zero attached hydrogens (tertiary/aromatic N) is 3. The van der Waals surface area contributed by atoms with Crippen molar-refractivity contribution in [2.45, 2.75) is 6.92 Å². The van der Waals surface area contributed by atoms with Crippen LogP contribution in [0, 0.1) is 12.7 Å². The molecule has 2 N–H and O–H groups in total. The van der Waals surface area contributed by atoms with E-state index in [0.29, 0.717) is 22.3 Å². The second kappa shape index (κ2) is 3.85. The minimum absolute atomic E-state index is 0.249. The number of fused-ring (bicyclic) bond motifs is 1. The SMILES string of the molecule is Cc1cc2c(F)c(-c3cnn(C)c3N)ccc2n1C. The molecule has 2 heterocycles. The van der Waals surface area contributed by atoms with Crippen molar-refractivity contribution in [3.05, 3.63) is 35.9 Å². The fourth-order valence-electron chi connectivity index (χ4n) is 2.37. The van der Waals surface area contributed by atoms with Gasteiger partial charge in [0, 0.05) is 36.3 Å². The predicted molar refractivity (Wildman–Crippen MR) is 74.2 cm³/mol. The lowest BCUT2D eigenvalue weighted by Gasteiger charge is -2.05. The van der Waals surface area contributed by atoms with Crippen LogP contribution in [0.15, 0.2) is 24.4 Å². The molecule has 0 atom stereocenters. The first-order valence-corrected chi connectivity index (χ1v) is 6.03. The van der Waals surface area contributed by atoms with Crippen LogP contribution < -0.4 is 5.73 Å². The molecule has 0 fully saturated rings. The number of rotatable bonds is 1. The molecular formula is C14H15FN4. The summed E-state index contributed by atoms with van der Waals surface area (Å²) in [6.45, 7) is 1.96. The van der Waals surface area contributed by atoms with Crippen molar-refractivity contribution in [3.8, 4) is 11.1 Å². The Kier molecular flexibility index (Phi) is 2.38. The van der Waals surface area contributed by atoms with Crippen LogP contribution in [0.5, 0.6) is 0 Å². The van der Waals surface area contributed by atoms with Gasteiger partial charge in [0.05, 0.1) is 11.7 Å². The van der Waals surface area contributed by atoms with E-state index in [4.69, 9.17) is 5.73 Å². The van der Waals surface area contributed by atoms with E-state index in [-0.39, 0.29) is 5.82 Å². The number of anilines is 1. The van der Waals surface area contributed by atoms with Gasteiger partial charge in [-0.05, 0) is 25.1 Å². The van der Waals surface area contributed by atoms with Crippen LogP contribution in [0.1, 0.15) is 5.69 Å². The molecule has 0 radical (unpaired) electrons. The molecule has 0 saturated heterocycles. The first-order valence-electron chi connectivity index (χ1n) is 6.03. The predicted octanol–water partition coefficient (Wildman–Crippen LogP) is 2.61. The van der Waals surface area contributed by atoms with E-state index in [1.165, 1.54) is 4.68 Å². The van der Waals surface area contributed by atoms with E-state index in [1.54, 1.807) is 19.3 Å². The van der Waals surface area contributed by atoms with Crippen molar-refractivity contribution < 1.29 is 4.39 Å². The quantitative estimate of drug-likeness (QED) is 0.729. The van der Waals surface area contributed by atoms with Crippen molar-refractivity contribution >= 4 is 16.7 Å². The highest BCUT2D eigenvalue weighted by Crippen LogP contribution is 2.32. The topological polar surface area (TPSA) is 48.8 Å². The summed E-state index contributed by atoms with van der Waals surface area (Å²) < 4.78 is 18.1. The summed E-state index contributed by atoms with van der Waals surface area (Å²) in [5, 5.41) is 4.67. The van der Waals surface area contributed by atoms with Crippen LogP contribution >= 0.6 is 0 Å². The number of nitrogens with two attached hydrogens (primary N) is 1. The Balaban J connectivity index is 2.32. The van der Waals surface area contributed by atoms with Gasteiger partial charge in [0.15, 0.2) is 0 Å². The molecule has 0 amide bonds. The molecule has 0 aliphatic rings. The Labute approximate surface area is 110 Å². The Morgan fingerprint density at radius 3 is 2.58 bits per heavy atom. The van der Waals surface area contributed by atoms with Gasteiger partial charge in [-0.15, -0.1) is 0 Å². The number of nitrogen functional groups attached to an aromatic ring is 1. The molecule has 0 aliphatic carbocycles. The van der Waals surface area contributed by atoms with Gasteiger partial charge in [-0.2, -0.15) is 5.10 Å². The molecular weight excluding hydrogens is 243 g/mol. The van der Waals surface area contributed by atoms with E-state index in [9.17, 15) is 4.39 Å². The average molecular weight is 258 g/mol. The Morgan fingerprint density at radius 2 is 1.95 bits per heavy atom. The minimum Gasteiger partial charge on any atom is -0.383 e. The second-order valence-corrected chi connectivity index (χ2v) is 4.77. The lowest BCUT2D eigenvalue weighted by Crippen LogP contribution is -1.98. The Bertz CT molecular complexity index is 782. The highest BCUT2D eigenvalue weighted by Gasteiger charge is 2.16. The third-order valence-corrected chi connectivity index (χ3v) is 3.68. The number of aromatic nitrogens is 3. The highest BCUT2D eigenvalue weighted by molar-refractivity contribution is 5.89. The number of hydrogen-bond acceptors (Lipinski definition) is 2. The molecule has 0 saturated carbocycles. The summed E-state index contributed by atoms with van der Waals surface area (Å²) >= 11 is 0. The van der Waals surface area contributed by atoms with Gasteiger partial charge in [0.2, 0.25) is 0 Å². The fourth-order valence-corrected chi connectivity index (χ4v) is 2.37. The van der Waals surface area contributed by atoms with E-state index < -0.39 is 0 Å². The fraction of sp³-hybridized carbons (Fsp3) is 0.214. The van der Waals surface area contributed by atoms with Gasteiger partial charge >= 0.3 is 0 Å². The normalized spacial score (nSPS) is 11.4. The lowest BCUT2D eigenvalue weighted by atomic mass is 10.1. The average Bonchev–Trinajstić information content (AvgIpc) is 2.86. The largest absolute Gasteiger partial charge is 0.383 e. The van der Waals surface area contributed by atoms with E-state index in [0.717, 1.165) is 11.2 Å². The maximum Gasteiger partial charge on any atom is 0.140 e. The number of benzene rings is 1. The van der Waals surface area contributed by atoms with Crippen molar-refractivity contribution in [1.29, 1.82) is 0 Å². The highest BCUT2D eigenvalue weighted by atomic mass is 19.1. The molecule has 0 aliphatic heterocycles. The molecule has 0 bridgehead atoms. The van der Waals surface area contributed by atoms with Crippen LogP contribution in [0.2, 0.25) is 0 Å². The number of halogens is 1. The van der Waals surface area contributed by atoms with Crippen LogP contribution in [0.4, 0.5) is 10.2 Å². The number of aryl methyl sites for hydroxylation is 3. The number of hydrogen-bond donors (Lipinski definition) is 1. The van der Waals surface area contributed by atoms with Crippen molar-refractivity contribution in [2.75, 3.05) is 5.73 Å². The van der Waals surface area contributed by atoms with Gasteiger partial charge in [-0.25, -0.2) is 4.39 Å². The van der Waals surface area contributed by atoms with Gasteiger partial charge in [0.1, 0.15) is 11.6 Å². The molecule has 98 valence electrons. The van der Waals surface area contributed by atoms with E-state index in [2.05, 4.69) is 5.10 Å². The zero-order chi connectivity index (χ0) is 13.7. The summed E-state index contributed by atoms with van der Waals surface area (Å²) in [5.74, 6) is 0.215. The third kappa shape index (κ3) is 1.54.